The fourth-order valence-corrected chi connectivity index (χ4v) is 1.28. The van der Waals surface area contributed by atoms with Crippen molar-refractivity contribution in [2.45, 2.75) is 32.3 Å². The van der Waals surface area contributed by atoms with Crippen LogP contribution in [0.1, 0.15) is 13.8 Å². The molecule has 0 amide bonds. The Morgan fingerprint density at radius 3 is 2.69 bits per heavy atom. The summed E-state index contributed by atoms with van der Waals surface area (Å²) in [6.07, 6.45) is -2.61. The molecule has 13 heavy (non-hydrogen) atoms. The summed E-state index contributed by atoms with van der Waals surface area (Å²) in [5, 5.41) is 18.6. The topological polar surface area (TPSA) is 76.0 Å². The Hall–Kier alpha value is -0.650. The minimum atomic E-state index is -1.14. The molecule has 0 bridgehead atoms. The van der Waals surface area contributed by atoms with Crippen LogP contribution >= 0.6 is 0 Å². The van der Waals surface area contributed by atoms with Crippen molar-refractivity contribution in [1.29, 1.82) is 0 Å². The van der Waals surface area contributed by atoms with Gasteiger partial charge in [0.05, 0.1) is 12.7 Å². The van der Waals surface area contributed by atoms with E-state index >= 15 is 0 Å². The lowest BCUT2D eigenvalue weighted by Gasteiger charge is -2.35. The summed E-state index contributed by atoms with van der Waals surface area (Å²) in [6.45, 7) is 3.02. The predicted octanol–water partition coefficient (Wildman–Crippen LogP) is -0.736. The molecule has 0 aromatic carbocycles. The molecule has 4 atom stereocenters. The fourth-order valence-electron chi connectivity index (χ4n) is 1.28. The van der Waals surface area contributed by atoms with Gasteiger partial charge in [-0.05, 0) is 0 Å². The van der Waals surface area contributed by atoms with Gasteiger partial charge >= 0.3 is 5.97 Å². The van der Waals surface area contributed by atoms with Gasteiger partial charge in [-0.25, -0.2) is 0 Å². The molecule has 1 saturated heterocycles. The van der Waals surface area contributed by atoms with E-state index < -0.39 is 24.5 Å². The van der Waals surface area contributed by atoms with Crippen LogP contribution in [0.4, 0.5) is 0 Å². The molecule has 5 heteroatoms. The molecule has 2 N–H and O–H groups in total. The second-order valence-electron chi connectivity index (χ2n) is 3.22. The zero-order valence-electron chi connectivity index (χ0n) is 7.64. The van der Waals surface area contributed by atoms with Crippen molar-refractivity contribution in [3.63, 3.8) is 0 Å². The van der Waals surface area contributed by atoms with E-state index in [1.54, 1.807) is 6.92 Å². The van der Waals surface area contributed by atoms with Crippen molar-refractivity contribution in [2.24, 2.45) is 5.92 Å². The Bertz CT molecular complexity index is 193. The SMILES string of the molecule is CC(=O)O[C@@H]1[C@@H](C)[C@@H](O)CO[C@H]1O. The number of carbonyl (C=O) groups is 1. The van der Waals surface area contributed by atoms with Crippen LogP contribution in [0.2, 0.25) is 0 Å². The van der Waals surface area contributed by atoms with Crippen molar-refractivity contribution in [3.05, 3.63) is 0 Å². The highest BCUT2D eigenvalue weighted by Crippen LogP contribution is 2.22. The third-order valence-electron chi connectivity index (χ3n) is 2.15. The summed E-state index contributed by atoms with van der Waals surface area (Å²) >= 11 is 0. The van der Waals surface area contributed by atoms with Crippen molar-refractivity contribution < 1.29 is 24.5 Å². The number of carbonyl (C=O) groups excluding carboxylic acids is 1. The maximum absolute atomic E-state index is 10.6. The average molecular weight is 190 g/mol. The van der Waals surface area contributed by atoms with Crippen molar-refractivity contribution >= 4 is 5.97 Å². The number of aliphatic hydroxyl groups excluding tert-OH is 2. The number of hydrogen-bond acceptors (Lipinski definition) is 5. The predicted molar refractivity (Wildman–Crippen MR) is 42.7 cm³/mol. The highest BCUT2D eigenvalue weighted by Gasteiger charge is 2.38. The lowest BCUT2D eigenvalue weighted by Crippen LogP contribution is -2.49. The number of aliphatic hydroxyl groups is 2. The molecular formula is C8H14O5. The second kappa shape index (κ2) is 4.04. The third kappa shape index (κ3) is 2.40. The lowest BCUT2D eigenvalue weighted by atomic mass is 9.95. The van der Waals surface area contributed by atoms with Crippen molar-refractivity contribution in [2.75, 3.05) is 6.61 Å². The molecule has 0 aliphatic carbocycles. The van der Waals surface area contributed by atoms with Crippen molar-refractivity contribution in [3.8, 4) is 0 Å². The molecule has 0 aromatic heterocycles. The number of esters is 1. The first-order valence-electron chi connectivity index (χ1n) is 4.17. The van der Waals surface area contributed by atoms with Gasteiger partial charge in [0.25, 0.3) is 0 Å². The van der Waals surface area contributed by atoms with E-state index in [1.807, 2.05) is 0 Å². The number of ether oxygens (including phenoxy) is 2. The molecule has 0 unspecified atom stereocenters. The quantitative estimate of drug-likeness (QED) is 0.533. The first kappa shape index (κ1) is 10.4. The van der Waals surface area contributed by atoms with Gasteiger partial charge in [-0.15, -0.1) is 0 Å². The fraction of sp³-hybridized carbons (Fsp3) is 0.875. The maximum Gasteiger partial charge on any atom is 0.303 e. The minimum absolute atomic E-state index is 0.0695. The molecule has 5 nitrogen and oxygen atoms in total. The summed E-state index contributed by atoms with van der Waals surface area (Å²) in [6, 6.07) is 0. The molecule has 1 aliphatic rings. The molecule has 0 saturated carbocycles. The molecule has 76 valence electrons. The van der Waals surface area contributed by atoms with E-state index in [4.69, 9.17) is 9.47 Å². The zero-order chi connectivity index (χ0) is 10.0. The van der Waals surface area contributed by atoms with E-state index in [9.17, 15) is 15.0 Å². The molecule has 1 rings (SSSR count). The summed E-state index contributed by atoms with van der Waals surface area (Å²) in [4.78, 5) is 10.6. The normalized spacial score (nSPS) is 40.0. The van der Waals surface area contributed by atoms with E-state index in [-0.39, 0.29) is 12.5 Å². The Morgan fingerprint density at radius 1 is 1.54 bits per heavy atom. The number of rotatable bonds is 1. The summed E-state index contributed by atoms with van der Waals surface area (Å²) in [7, 11) is 0. The standard InChI is InChI=1S/C8H14O5/c1-4-6(10)3-12-8(11)7(4)13-5(2)9/h4,6-8,10-11H,3H2,1-2H3/t4-,6-,7+,8+/m0/s1. The van der Waals surface area contributed by atoms with Gasteiger partial charge in [0, 0.05) is 12.8 Å². The molecule has 0 aromatic rings. The van der Waals surface area contributed by atoms with Gasteiger partial charge in [0.1, 0.15) is 0 Å². The van der Waals surface area contributed by atoms with Gasteiger partial charge in [-0.2, -0.15) is 0 Å². The van der Waals surface area contributed by atoms with Crippen LogP contribution in [0.25, 0.3) is 0 Å². The van der Waals surface area contributed by atoms with E-state index in [0.29, 0.717) is 0 Å². The second-order valence-corrected chi connectivity index (χ2v) is 3.22. The van der Waals surface area contributed by atoms with Crippen LogP contribution in [0.3, 0.4) is 0 Å². The van der Waals surface area contributed by atoms with Gasteiger partial charge < -0.3 is 19.7 Å². The Balaban J connectivity index is 2.60. The first-order valence-corrected chi connectivity index (χ1v) is 4.17. The Labute approximate surface area is 76.3 Å². The van der Waals surface area contributed by atoms with Crippen LogP contribution in [0.15, 0.2) is 0 Å². The molecular weight excluding hydrogens is 176 g/mol. The van der Waals surface area contributed by atoms with Crippen molar-refractivity contribution in [1.82, 2.24) is 0 Å². The number of hydrogen-bond donors (Lipinski definition) is 2. The lowest BCUT2D eigenvalue weighted by molar-refractivity contribution is -0.242. The molecule has 1 fully saturated rings. The van der Waals surface area contributed by atoms with Gasteiger partial charge in [-0.3, -0.25) is 4.79 Å². The highest BCUT2D eigenvalue weighted by molar-refractivity contribution is 5.66. The third-order valence-corrected chi connectivity index (χ3v) is 2.15. The van der Waals surface area contributed by atoms with Gasteiger partial charge in [0.15, 0.2) is 12.4 Å². The van der Waals surface area contributed by atoms with Crippen LogP contribution in [0, 0.1) is 5.92 Å². The van der Waals surface area contributed by atoms with Crippen LogP contribution < -0.4 is 0 Å². The summed E-state index contributed by atoms with van der Waals surface area (Å²) < 4.78 is 9.61. The molecule has 1 heterocycles. The Morgan fingerprint density at radius 2 is 2.15 bits per heavy atom. The average Bonchev–Trinajstić information content (AvgIpc) is 2.05. The molecule has 0 radical (unpaired) electrons. The van der Waals surface area contributed by atoms with E-state index in [0.717, 1.165) is 0 Å². The molecule has 0 spiro atoms. The van der Waals surface area contributed by atoms with Crippen LogP contribution in [0.5, 0.6) is 0 Å². The van der Waals surface area contributed by atoms with E-state index in [2.05, 4.69) is 0 Å². The summed E-state index contributed by atoms with van der Waals surface area (Å²) in [5.41, 5.74) is 0. The zero-order valence-corrected chi connectivity index (χ0v) is 7.64. The summed E-state index contributed by atoms with van der Waals surface area (Å²) in [5.74, 6) is -0.804. The minimum Gasteiger partial charge on any atom is -0.457 e. The van der Waals surface area contributed by atoms with Gasteiger partial charge in [0.2, 0.25) is 0 Å². The monoisotopic (exact) mass is 190 g/mol. The highest BCUT2D eigenvalue weighted by atomic mass is 16.6. The van der Waals surface area contributed by atoms with Gasteiger partial charge in [-0.1, -0.05) is 6.92 Å². The van der Waals surface area contributed by atoms with Crippen LogP contribution in [-0.4, -0.2) is 41.3 Å². The Kier molecular flexibility index (Phi) is 3.24. The first-order chi connectivity index (χ1) is 6.02. The van der Waals surface area contributed by atoms with E-state index in [1.165, 1.54) is 6.92 Å². The largest absolute Gasteiger partial charge is 0.457 e. The molecule has 1 aliphatic heterocycles. The smallest absolute Gasteiger partial charge is 0.303 e. The van der Waals surface area contributed by atoms with Crippen LogP contribution in [-0.2, 0) is 14.3 Å². The maximum atomic E-state index is 10.6.